The molecule has 0 atom stereocenters. The molecule has 22 heavy (non-hydrogen) atoms. The van der Waals surface area contributed by atoms with Crippen molar-refractivity contribution in [2.75, 3.05) is 37.0 Å². The maximum absolute atomic E-state index is 5.41. The minimum absolute atomic E-state index is 0.771. The summed E-state index contributed by atoms with van der Waals surface area (Å²) in [5.74, 6) is 2.00. The number of anilines is 1. The number of hydrogen-bond acceptors (Lipinski definition) is 5. The topological polar surface area (TPSA) is 43.2 Å². The Balaban J connectivity index is 1.62. The maximum Gasteiger partial charge on any atom is 0.228 e. The van der Waals surface area contributed by atoms with Crippen LogP contribution in [0.1, 0.15) is 12.5 Å². The molecule has 0 aliphatic carbocycles. The monoisotopic (exact) mass is 318 g/mol. The molecule has 6 heteroatoms. The van der Waals surface area contributed by atoms with Crippen LogP contribution in [0.2, 0.25) is 0 Å². The minimum Gasteiger partial charge on any atom is -0.378 e. The van der Waals surface area contributed by atoms with Crippen LogP contribution in [0.5, 0.6) is 0 Å². The molecule has 0 N–H and O–H groups in total. The van der Waals surface area contributed by atoms with Gasteiger partial charge in [0.25, 0.3) is 0 Å². The molecule has 1 aliphatic heterocycles. The number of ether oxygens (including phenoxy) is 1. The Labute approximate surface area is 135 Å². The summed E-state index contributed by atoms with van der Waals surface area (Å²) in [5.41, 5.74) is 1.37. The van der Waals surface area contributed by atoms with Gasteiger partial charge >= 0.3 is 0 Å². The van der Waals surface area contributed by atoms with Crippen LogP contribution in [0.3, 0.4) is 0 Å². The van der Waals surface area contributed by atoms with Crippen molar-refractivity contribution < 1.29 is 4.74 Å². The molecule has 0 unspecified atom stereocenters. The Morgan fingerprint density at radius 1 is 1.14 bits per heavy atom. The average Bonchev–Trinajstić information content (AvgIpc) is 2.99. The number of benzene rings is 1. The molecule has 0 radical (unpaired) electrons. The molecule has 118 valence electrons. The molecule has 1 aromatic carbocycles. The van der Waals surface area contributed by atoms with Gasteiger partial charge in [-0.25, -0.2) is 0 Å². The highest BCUT2D eigenvalue weighted by atomic mass is 32.2. The van der Waals surface area contributed by atoms with Gasteiger partial charge in [-0.05, 0) is 18.9 Å². The number of aromatic nitrogens is 3. The van der Waals surface area contributed by atoms with Crippen molar-refractivity contribution in [3.05, 3.63) is 35.9 Å². The molecule has 1 aliphatic rings. The molecule has 1 saturated heterocycles. The van der Waals surface area contributed by atoms with Gasteiger partial charge in [0.1, 0.15) is 0 Å². The van der Waals surface area contributed by atoms with Crippen LogP contribution < -0.4 is 4.90 Å². The fraction of sp³-hybridized carbons (Fsp3) is 0.500. The van der Waals surface area contributed by atoms with Gasteiger partial charge in [0.05, 0.1) is 13.2 Å². The Bertz CT molecular complexity index is 581. The number of morpholine rings is 1. The van der Waals surface area contributed by atoms with E-state index in [9.17, 15) is 0 Å². The Kier molecular flexibility index (Phi) is 5.34. The van der Waals surface area contributed by atoms with E-state index < -0.39 is 0 Å². The van der Waals surface area contributed by atoms with E-state index in [2.05, 4.69) is 56.9 Å². The number of rotatable bonds is 6. The van der Waals surface area contributed by atoms with Crippen molar-refractivity contribution in [2.24, 2.45) is 0 Å². The summed E-state index contributed by atoms with van der Waals surface area (Å²) in [5, 5.41) is 9.80. The van der Waals surface area contributed by atoms with E-state index >= 15 is 0 Å². The Morgan fingerprint density at radius 3 is 2.64 bits per heavy atom. The number of thioether (sulfide) groups is 1. The first-order valence-electron chi connectivity index (χ1n) is 7.81. The number of nitrogens with zero attached hydrogens (tertiary/aromatic N) is 4. The molecular formula is C16H22N4OS. The highest BCUT2D eigenvalue weighted by molar-refractivity contribution is 7.99. The molecule has 1 fully saturated rings. The Hall–Kier alpha value is -1.53. The van der Waals surface area contributed by atoms with Crippen molar-refractivity contribution >= 4 is 17.7 Å². The summed E-state index contributed by atoms with van der Waals surface area (Å²) >= 11 is 1.78. The fourth-order valence-corrected chi connectivity index (χ4v) is 3.55. The van der Waals surface area contributed by atoms with Crippen molar-refractivity contribution in [1.82, 2.24) is 14.8 Å². The van der Waals surface area contributed by atoms with E-state index in [4.69, 9.17) is 4.74 Å². The summed E-state index contributed by atoms with van der Waals surface area (Å²) < 4.78 is 7.62. The van der Waals surface area contributed by atoms with Gasteiger partial charge in [0.2, 0.25) is 5.95 Å². The van der Waals surface area contributed by atoms with Crippen LogP contribution >= 0.6 is 11.8 Å². The molecule has 2 heterocycles. The van der Waals surface area contributed by atoms with Gasteiger partial charge in [0, 0.05) is 25.4 Å². The van der Waals surface area contributed by atoms with E-state index in [0.717, 1.165) is 56.1 Å². The van der Waals surface area contributed by atoms with E-state index in [1.165, 1.54) is 5.56 Å². The molecule has 0 amide bonds. The minimum atomic E-state index is 0.771. The van der Waals surface area contributed by atoms with Crippen molar-refractivity contribution in [3.63, 3.8) is 0 Å². The molecule has 5 nitrogen and oxygen atoms in total. The lowest BCUT2D eigenvalue weighted by Gasteiger charge is -2.27. The first-order chi connectivity index (χ1) is 10.9. The van der Waals surface area contributed by atoms with Crippen molar-refractivity contribution in [3.8, 4) is 0 Å². The third-order valence-electron chi connectivity index (χ3n) is 3.77. The van der Waals surface area contributed by atoms with E-state index in [1.54, 1.807) is 11.8 Å². The maximum atomic E-state index is 5.41. The fourth-order valence-electron chi connectivity index (χ4n) is 2.57. The van der Waals surface area contributed by atoms with E-state index in [0.29, 0.717) is 0 Å². The van der Waals surface area contributed by atoms with Gasteiger partial charge in [-0.15, -0.1) is 10.2 Å². The molecular weight excluding hydrogens is 296 g/mol. The lowest BCUT2D eigenvalue weighted by atomic mass is 10.2. The summed E-state index contributed by atoms with van der Waals surface area (Å²) in [6.07, 6.45) is 1.05. The largest absolute Gasteiger partial charge is 0.378 e. The van der Waals surface area contributed by atoms with Gasteiger partial charge in [-0.3, -0.25) is 4.57 Å². The zero-order valence-corrected chi connectivity index (χ0v) is 13.8. The second-order valence-corrected chi connectivity index (χ2v) is 6.27. The number of aryl methyl sites for hydroxylation is 1. The van der Waals surface area contributed by atoms with Gasteiger partial charge in [0.15, 0.2) is 5.16 Å². The molecule has 0 spiro atoms. The first-order valence-corrected chi connectivity index (χ1v) is 8.79. The predicted molar refractivity (Wildman–Crippen MR) is 89.6 cm³/mol. The van der Waals surface area contributed by atoms with E-state index in [1.807, 2.05) is 0 Å². The molecule has 1 aromatic heterocycles. The van der Waals surface area contributed by atoms with Gasteiger partial charge in [-0.2, -0.15) is 0 Å². The molecule has 0 saturated carbocycles. The SMILES string of the molecule is CCn1c(SCCc2ccccc2)nnc1N1CCOCC1. The Morgan fingerprint density at radius 2 is 1.91 bits per heavy atom. The molecule has 0 bridgehead atoms. The van der Waals surface area contributed by atoms with Crippen LogP contribution in [-0.4, -0.2) is 46.8 Å². The zero-order chi connectivity index (χ0) is 15.2. The number of hydrogen-bond donors (Lipinski definition) is 0. The zero-order valence-electron chi connectivity index (χ0n) is 12.9. The quantitative estimate of drug-likeness (QED) is 0.766. The average molecular weight is 318 g/mol. The lowest BCUT2D eigenvalue weighted by Crippen LogP contribution is -2.38. The van der Waals surface area contributed by atoms with Crippen LogP contribution in [0.15, 0.2) is 35.5 Å². The third-order valence-corrected chi connectivity index (χ3v) is 4.74. The normalized spacial score (nSPS) is 15.2. The van der Waals surface area contributed by atoms with Gasteiger partial charge in [-0.1, -0.05) is 42.1 Å². The highest BCUT2D eigenvalue weighted by Crippen LogP contribution is 2.23. The second-order valence-electron chi connectivity index (χ2n) is 5.21. The third kappa shape index (κ3) is 3.62. The highest BCUT2D eigenvalue weighted by Gasteiger charge is 2.19. The summed E-state index contributed by atoms with van der Waals surface area (Å²) in [7, 11) is 0. The van der Waals surface area contributed by atoms with Crippen molar-refractivity contribution in [1.29, 1.82) is 0 Å². The van der Waals surface area contributed by atoms with Crippen LogP contribution in [-0.2, 0) is 17.7 Å². The smallest absolute Gasteiger partial charge is 0.228 e. The van der Waals surface area contributed by atoms with Crippen LogP contribution in [0, 0.1) is 0 Å². The second kappa shape index (κ2) is 7.65. The standard InChI is InChI=1S/C16H22N4OS/c1-2-20-15(19-9-11-21-12-10-19)17-18-16(20)22-13-8-14-6-4-3-5-7-14/h3-7H,2,8-13H2,1H3. The summed E-state index contributed by atoms with van der Waals surface area (Å²) in [4.78, 5) is 2.27. The van der Waals surface area contributed by atoms with Crippen molar-refractivity contribution in [2.45, 2.75) is 25.0 Å². The molecule has 3 rings (SSSR count). The summed E-state index contributed by atoms with van der Waals surface area (Å²) in [6, 6.07) is 10.6. The van der Waals surface area contributed by atoms with Gasteiger partial charge < -0.3 is 9.64 Å². The predicted octanol–water partition coefficient (Wildman–Crippen LogP) is 2.47. The van der Waals surface area contributed by atoms with E-state index in [-0.39, 0.29) is 0 Å². The first kappa shape index (κ1) is 15.4. The summed E-state index contributed by atoms with van der Waals surface area (Å²) in [6.45, 7) is 6.38. The van der Waals surface area contributed by atoms with Crippen LogP contribution in [0.4, 0.5) is 5.95 Å². The molecule has 2 aromatic rings. The van der Waals surface area contributed by atoms with Crippen LogP contribution in [0.25, 0.3) is 0 Å². The lowest BCUT2D eigenvalue weighted by molar-refractivity contribution is 0.121.